The molecule has 0 bridgehead atoms. The van der Waals surface area contributed by atoms with Gasteiger partial charge in [0.1, 0.15) is 0 Å². The summed E-state index contributed by atoms with van der Waals surface area (Å²) in [6, 6.07) is 21.0. The number of nitrogens with zero attached hydrogens (tertiary/aromatic N) is 1. The van der Waals surface area contributed by atoms with Gasteiger partial charge in [0, 0.05) is 19.6 Å². The minimum absolute atomic E-state index is 0.121. The van der Waals surface area contributed by atoms with Crippen molar-refractivity contribution >= 4 is 14.3 Å². The predicted molar refractivity (Wildman–Crippen MR) is 141 cm³/mol. The highest BCUT2D eigenvalue weighted by Gasteiger charge is 2.37. The molecule has 0 aliphatic carbocycles. The molecule has 0 N–H and O–H groups in total. The van der Waals surface area contributed by atoms with E-state index in [2.05, 4.69) is 87.3 Å². The zero-order valence-corrected chi connectivity index (χ0v) is 22.9. The molecule has 0 aromatic heterocycles. The largest absolute Gasteiger partial charge is 0.466 e. The Bertz CT molecular complexity index is 795. The van der Waals surface area contributed by atoms with Gasteiger partial charge in [-0.25, -0.2) is 0 Å². The molecule has 188 valence electrons. The number of benzene rings is 2. The molecule has 6 heteroatoms. The van der Waals surface area contributed by atoms with Crippen molar-refractivity contribution in [2.45, 2.75) is 71.4 Å². The van der Waals surface area contributed by atoms with Gasteiger partial charge in [-0.3, -0.25) is 9.69 Å². The van der Waals surface area contributed by atoms with Crippen molar-refractivity contribution in [1.82, 2.24) is 4.90 Å². The lowest BCUT2D eigenvalue weighted by Crippen LogP contribution is -2.45. The monoisotopic (exact) mass is 485 g/mol. The third-order valence-corrected chi connectivity index (χ3v) is 10.9. The summed E-state index contributed by atoms with van der Waals surface area (Å²) in [7, 11) is -1.93. The maximum absolute atomic E-state index is 11.8. The molecule has 0 aliphatic rings. The van der Waals surface area contributed by atoms with Crippen LogP contribution in [0.25, 0.3) is 0 Å². The van der Waals surface area contributed by atoms with E-state index in [-0.39, 0.29) is 23.5 Å². The number of esters is 1. The van der Waals surface area contributed by atoms with Crippen LogP contribution in [-0.4, -0.2) is 51.7 Å². The summed E-state index contributed by atoms with van der Waals surface area (Å²) in [5.74, 6) is -0.225. The number of carbonyl (C=O) groups excluding carboxylic acids is 1. The average molecular weight is 486 g/mol. The zero-order chi connectivity index (χ0) is 25.0. The Hall–Kier alpha value is -1.99. The van der Waals surface area contributed by atoms with Gasteiger partial charge in [-0.05, 0) is 36.2 Å². The minimum Gasteiger partial charge on any atom is -0.466 e. The highest BCUT2D eigenvalue weighted by Crippen LogP contribution is 2.36. The third kappa shape index (κ3) is 10.1. The number of rotatable bonds is 14. The van der Waals surface area contributed by atoms with Gasteiger partial charge in [0.2, 0.25) is 0 Å². The zero-order valence-electron chi connectivity index (χ0n) is 21.9. The van der Waals surface area contributed by atoms with Gasteiger partial charge in [-0.1, -0.05) is 81.4 Å². The Morgan fingerprint density at radius 3 is 1.94 bits per heavy atom. The van der Waals surface area contributed by atoms with Gasteiger partial charge in [0.15, 0.2) is 8.32 Å². The van der Waals surface area contributed by atoms with Gasteiger partial charge in [0.05, 0.1) is 32.3 Å². The van der Waals surface area contributed by atoms with Gasteiger partial charge >= 0.3 is 5.97 Å². The van der Waals surface area contributed by atoms with Crippen molar-refractivity contribution in [3.8, 4) is 0 Å². The second-order valence-corrected chi connectivity index (χ2v) is 15.1. The number of ether oxygens (including phenoxy) is 2. The summed E-state index contributed by atoms with van der Waals surface area (Å²) in [4.78, 5) is 14.2. The average Bonchev–Trinajstić information content (AvgIpc) is 2.78. The second kappa shape index (κ2) is 13.8. The topological polar surface area (TPSA) is 48.0 Å². The summed E-state index contributed by atoms with van der Waals surface area (Å²) in [6.07, 6.45) is 0.109. The van der Waals surface area contributed by atoms with Gasteiger partial charge in [0.25, 0.3) is 0 Å². The Morgan fingerprint density at radius 2 is 1.47 bits per heavy atom. The van der Waals surface area contributed by atoms with Crippen LogP contribution < -0.4 is 0 Å². The molecular weight excluding hydrogens is 442 g/mol. The molecule has 0 heterocycles. The van der Waals surface area contributed by atoms with Crippen LogP contribution in [0.4, 0.5) is 0 Å². The Kier molecular flexibility index (Phi) is 11.5. The summed E-state index contributed by atoms with van der Waals surface area (Å²) in [6.45, 7) is 16.6. The van der Waals surface area contributed by atoms with Crippen LogP contribution in [0.15, 0.2) is 60.7 Å². The fourth-order valence-electron chi connectivity index (χ4n) is 3.37. The summed E-state index contributed by atoms with van der Waals surface area (Å²) in [5.41, 5.74) is 2.52. The first-order valence-electron chi connectivity index (χ1n) is 12.3. The van der Waals surface area contributed by atoms with Crippen LogP contribution in [0.3, 0.4) is 0 Å². The van der Waals surface area contributed by atoms with Crippen molar-refractivity contribution < 1.29 is 18.7 Å². The molecule has 0 fully saturated rings. The molecule has 34 heavy (non-hydrogen) atoms. The van der Waals surface area contributed by atoms with Crippen LogP contribution in [0.2, 0.25) is 18.1 Å². The molecule has 2 rings (SSSR count). The molecule has 5 nitrogen and oxygen atoms in total. The molecule has 0 radical (unpaired) electrons. The molecule has 0 amide bonds. The van der Waals surface area contributed by atoms with Crippen LogP contribution in [-0.2, 0) is 31.8 Å². The molecular formula is C28H43NO4Si. The van der Waals surface area contributed by atoms with E-state index in [4.69, 9.17) is 13.9 Å². The third-order valence-electron chi connectivity index (χ3n) is 6.36. The van der Waals surface area contributed by atoms with E-state index < -0.39 is 8.32 Å². The van der Waals surface area contributed by atoms with Crippen molar-refractivity contribution in [3.63, 3.8) is 0 Å². The van der Waals surface area contributed by atoms with E-state index in [1.165, 1.54) is 11.1 Å². The lowest BCUT2D eigenvalue weighted by atomic mass is 10.1. The highest BCUT2D eigenvalue weighted by molar-refractivity contribution is 6.74. The molecule has 1 unspecified atom stereocenters. The second-order valence-electron chi connectivity index (χ2n) is 10.3. The molecule has 0 aliphatic heterocycles. The fraction of sp³-hybridized carbons (Fsp3) is 0.536. The number of hydrogen-bond acceptors (Lipinski definition) is 5. The van der Waals surface area contributed by atoms with Crippen molar-refractivity contribution in [2.75, 3.05) is 26.4 Å². The SMILES string of the molecule is CCOC(=O)CCOC(CO[Si](C)(C)C(C)(C)C)CN(Cc1ccccc1)Cc1ccccc1. The van der Waals surface area contributed by atoms with Crippen molar-refractivity contribution in [2.24, 2.45) is 0 Å². The number of carbonyl (C=O) groups is 1. The smallest absolute Gasteiger partial charge is 0.308 e. The molecule has 0 saturated carbocycles. The van der Waals surface area contributed by atoms with E-state index in [1.807, 2.05) is 19.1 Å². The summed E-state index contributed by atoms with van der Waals surface area (Å²) >= 11 is 0. The minimum atomic E-state index is -1.93. The van der Waals surface area contributed by atoms with E-state index in [9.17, 15) is 4.79 Å². The first kappa shape index (κ1) is 28.2. The summed E-state index contributed by atoms with van der Waals surface area (Å²) in [5, 5.41) is 0.121. The highest BCUT2D eigenvalue weighted by atomic mass is 28.4. The predicted octanol–water partition coefficient (Wildman–Crippen LogP) is 6.05. The maximum Gasteiger partial charge on any atom is 0.308 e. The molecule has 2 aromatic carbocycles. The Balaban J connectivity index is 2.14. The summed E-state index contributed by atoms with van der Waals surface area (Å²) < 4.78 is 17.8. The van der Waals surface area contributed by atoms with E-state index >= 15 is 0 Å². The van der Waals surface area contributed by atoms with E-state index in [0.29, 0.717) is 26.4 Å². The Morgan fingerprint density at radius 1 is 0.941 bits per heavy atom. The van der Waals surface area contributed by atoms with Gasteiger partial charge < -0.3 is 13.9 Å². The fourth-order valence-corrected chi connectivity index (χ4v) is 4.41. The van der Waals surface area contributed by atoms with Crippen LogP contribution >= 0.6 is 0 Å². The Labute approximate surface area is 207 Å². The van der Waals surface area contributed by atoms with Crippen LogP contribution in [0.5, 0.6) is 0 Å². The lowest BCUT2D eigenvalue weighted by Gasteiger charge is -2.38. The molecule has 1 atom stereocenters. The molecule has 0 saturated heterocycles. The first-order valence-corrected chi connectivity index (χ1v) is 15.2. The number of hydrogen-bond donors (Lipinski definition) is 0. The van der Waals surface area contributed by atoms with Crippen LogP contribution in [0.1, 0.15) is 45.2 Å². The van der Waals surface area contributed by atoms with Crippen molar-refractivity contribution in [1.29, 1.82) is 0 Å². The van der Waals surface area contributed by atoms with Gasteiger partial charge in [-0.15, -0.1) is 0 Å². The standard InChI is InChI=1S/C28H43NO4Si/c1-7-31-27(30)18-19-32-26(23-33-34(5,6)28(2,3)4)22-29(20-24-14-10-8-11-15-24)21-25-16-12-9-13-17-25/h8-17,26H,7,18-23H2,1-6H3. The normalized spacial score (nSPS) is 13.1. The first-order chi connectivity index (χ1) is 16.1. The lowest BCUT2D eigenvalue weighted by molar-refractivity contribution is -0.145. The maximum atomic E-state index is 11.8. The molecule has 2 aromatic rings. The van der Waals surface area contributed by atoms with E-state index in [1.54, 1.807) is 0 Å². The van der Waals surface area contributed by atoms with E-state index in [0.717, 1.165) is 13.1 Å². The van der Waals surface area contributed by atoms with Gasteiger partial charge in [-0.2, -0.15) is 0 Å². The quantitative estimate of drug-likeness (QED) is 0.241. The van der Waals surface area contributed by atoms with Crippen LogP contribution in [0, 0.1) is 0 Å². The molecule has 0 spiro atoms. The van der Waals surface area contributed by atoms with Crippen molar-refractivity contribution in [3.05, 3.63) is 71.8 Å².